The van der Waals surface area contributed by atoms with Crippen molar-refractivity contribution in [2.45, 2.75) is 51.0 Å². The van der Waals surface area contributed by atoms with Gasteiger partial charge in [0.25, 0.3) is 0 Å². The maximum atomic E-state index is 11.0. The number of carboxylic acids is 1. The highest BCUT2D eigenvalue weighted by Gasteiger charge is 2.24. The van der Waals surface area contributed by atoms with Crippen molar-refractivity contribution in [2.75, 3.05) is 4.90 Å². The van der Waals surface area contributed by atoms with E-state index in [2.05, 4.69) is 20.1 Å². The number of rotatable bonds is 5. The fourth-order valence-electron chi connectivity index (χ4n) is 3.80. The second kappa shape index (κ2) is 7.73. The second-order valence-electron chi connectivity index (χ2n) is 7.10. The third-order valence-corrected chi connectivity index (χ3v) is 5.15. The summed E-state index contributed by atoms with van der Waals surface area (Å²) in [6.07, 6.45) is 10.7. The number of carboxylic acid groups (broad SMARTS) is 1. The second-order valence-corrected chi connectivity index (χ2v) is 7.10. The van der Waals surface area contributed by atoms with Crippen LogP contribution in [0.1, 0.15) is 44.1 Å². The molecule has 27 heavy (non-hydrogen) atoms. The van der Waals surface area contributed by atoms with E-state index in [0.29, 0.717) is 12.0 Å². The van der Waals surface area contributed by atoms with E-state index in [-0.39, 0.29) is 6.42 Å². The number of nitrogens with zero attached hydrogens (tertiary/aromatic N) is 4. The molecular formula is C20H23N5O2. The standard InChI is InChI=1S/C20H23N5O2/c26-18(27)11-14-7-9-17(10-8-14)25(16-5-3-1-2-4-6-16)20-21-12-15-13-22-24-19(15)23-20/h7-10,12-13,16H,1-6,11H2,(H,26,27)(H,21,22,23,24). The first-order valence-electron chi connectivity index (χ1n) is 9.47. The molecule has 1 saturated carbocycles. The molecule has 2 heterocycles. The molecule has 1 aliphatic carbocycles. The highest BCUT2D eigenvalue weighted by Crippen LogP contribution is 2.32. The van der Waals surface area contributed by atoms with Crippen LogP contribution in [0.4, 0.5) is 11.6 Å². The van der Waals surface area contributed by atoms with Crippen LogP contribution in [0, 0.1) is 0 Å². The Bertz CT molecular complexity index is 914. The molecule has 2 aromatic heterocycles. The van der Waals surface area contributed by atoms with Gasteiger partial charge in [0, 0.05) is 17.9 Å². The fraction of sp³-hybridized carbons (Fsp3) is 0.400. The minimum atomic E-state index is -0.823. The molecule has 0 amide bonds. The van der Waals surface area contributed by atoms with E-state index in [1.807, 2.05) is 24.3 Å². The predicted molar refractivity (Wildman–Crippen MR) is 103 cm³/mol. The van der Waals surface area contributed by atoms with Gasteiger partial charge in [0.05, 0.1) is 18.0 Å². The van der Waals surface area contributed by atoms with Gasteiger partial charge in [0.15, 0.2) is 5.65 Å². The first kappa shape index (κ1) is 17.5. The van der Waals surface area contributed by atoms with Gasteiger partial charge in [-0.3, -0.25) is 9.89 Å². The number of carbonyl (C=O) groups is 1. The summed E-state index contributed by atoms with van der Waals surface area (Å²) in [5.74, 6) is -0.166. The van der Waals surface area contributed by atoms with Gasteiger partial charge in [-0.05, 0) is 30.5 Å². The van der Waals surface area contributed by atoms with Crippen LogP contribution in [0.5, 0.6) is 0 Å². The van der Waals surface area contributed by atoms with E-state index >= 15 is 0 Å². The van der Waals surface area contributed by atoms with Crippen LogP contribution in [0.3, 0.4) is 0 Å². The number of H-pyrrole nitrogens is 1. The van der Waals surface area contributed by atoms with Crippen molar-refractivity contribution in [3.63, 3.8) is 0 Å². The number of aliphatic carboxylic acids is 1. The third-order valence-electron chi connectivity index (χ3n) is 5.15. The zero-order valence-electron chi connectivity index (χ0n) is 15.1. The number of hydrogen-bond acceptors (Lipinski definition) is 5. The van der Waals surface area contributed by atoms with Crippen molar-refractivity contribution in [3.8, 4) is 0 Å². The molecule has 0 aliphatic heterocycles. The van der Waals surface area contributed by atoms with Gasteiger partial charge >= 0.3 is 5.97 Å². The Kier molecular flexibility index (Phi) is 5.00. The Balaban J connectivity index is 1.71. The Hall–Kier alpha value is -2.96. The maximum Gasteiger partial charge on any atom is 0.307 e. The van der Waals surface area contributed by atoms with Crippen molar-refractivity contribution in [2.24, 2.45) is 0 Å². The molecule has 0 radical (unpaired) electrons. The summed E-state index contributed by atoms with van der Waals surface area (Å²) in [6, 6.07) is 8.04. The van der Waals surface area contributed by atoms with Crippen LogP contribution in [0.15, 0.2) is 36.7 Å². The lowest BCUT2D eigenvalue weighted by molar-refractivity contribution is -0.136. The smallest absolute Gasteiger partial charge is 0.307 e. The van der Waals surface area contributed by atoms with Gasteiger partial charge in [-0.15, -0.1) is 0 Å². The van der Waals surface area contributed by atoms with E-state index in [9.17, 15) is 4.79 Å². The van der Waals surface area contributed by atoms with E-state index in [0.717, 1.165) is 35.1 Å². The number of nitrogens with one attached hydrogen (secondary N) is 1. The molecule has 140 valence electrons. The normalized spacial score (nSPS) is 15.6. The number of anilines is 2. The first-order valence-corrected chi connectivity index (χ1v) is 9.47. The highest BCUT2D eigenvalue weighted by atomic mass is 16.4. The molecule has 0 saturated heterocycles. The van der Waals surface area contributed by atoms with Gasteiger partial charge in [-0.2, -0.15) is 10.1 Å². The van der Waals surface area contributed by atoms with Gasteiger partial charge in [0.1, 0.15) is 0 Å². The molecule has 0 spiro atoms. The summed E-state index contributed by atoms with van der Waals surface area (Å²) in [7, 11) is 0. The van der Waals surface area contributed by atoms with Crippen LogP contribution in [0.2, 0.25) is 0 Å². The summed E-state index contributed by atoms with van der Waals surface area (Å²) in [5, 5.41) is 16.8. The third kappa shape index (κ3) is 3.92. The summed E-state index contributed by atoms with van der Waals surface area (Å²) in [4.78, 5) is 22.4. The first-order chi connectivity index (χ1) is 13.2. The number of fused-ring (bicyclic) bond motifs is 1. The van der Waals surface area contributed by atoms with Gasteiger partial charge < -0.3 is 10.0 Å². The maximum absolute atomic E-state index is 11.0. The van der Waals surface area contributed by atoms with E-state index < -0.39 is 5.97 Å². The zero-order valence-corrected chi connectivity index (χ0v) is 15.1. The van der Waals surface area contributed by atoms with Crippen LogP contribution in [0.25, 0.3) is 11.0 Å². The van der Waals surface area contributed by atoms with Crippen LogP contribution in [-0.4, -0.2) is 37.3 Å². The molecular weight excluding hydrogens is 342 g/mol. The van der Waals surface area contributed by atoms with Gasteiger partial charge in [0.2, 0.25) is 5.95 Å². The Morgan fingerprint density at radius 3 is 2.56 bits per heavy atom. The van der Waals surface area contributed by atoms with E-state index in [1.54, 1.807) is 12.4 Å². The monoisotopic (exact) mass is 365 g/mol. The Labute approximate surface area is 157 Å². The minimum Gasteiger partial charge on any atom is -0.481 e. The average molecular weight is 365 g/mol. The SMILES string of the molecule is O=C(O)Cc1ccc(N(c2ncc3cn[nH]c3n2)C2CCCCCC2)cc1. The molecule has 7 heteroatoms. The van der Waals surface area contributed by atoms with Crippen molar-refractivity contribution < 1.29 is 9.90 Å². The van der Waals surface area contributed by atoms with Crippen LogP contribution in [-0.2, 0) is 11.2 Å². The lowest BCUT2D eigenvalue weighted by Crippen LogP contribution is -2.32. The summed E-state index contributed by atoms with van der Waals surface area (Å²) >= 11 is 0. The lowest BCUT2D eigenvalue weighted by Gasteiger charge is -2.31. The molecule has 0 bridgehead atoms. The van der Waals surface area contributed by atoms with Crippen LogP contribution < -0.4 is 4.90 Å². The zero-order chi connectivity index (χ0) is 18.6. The van der Waals surface area contributed by atoms with E-state index in [4.69, 9.17) is 10.1 Å². The number of aromatic amines is 1. The van der Waals surface area contributed by atoms with Gasteiger partial charge in [-0.25, -0.2) is 4.98 Å². The molecule has 0 unspecified atom stereocenters. The van der Waals surface area contributed by atoms with Gasteiger partial charge in [-0.1, -0.05) is 37.8 Å². The molecule has 0 atom stereocenters. The largest absolute Gasteiger partial charge is 0.481 e. The number of aromatic nitrogens is 4. The lowest BCUT2D eigenvalue weighted by atomic mass is 10.1. The molecule has 1 aromatic carbocycles. The molecule has 3 aromatic rings. The number of hydrogen-bond donors (Lipinski definition) is 2. The number of benzene rings is 1. The molecule has 2 N–H and O–H groups in total. The Morgan fingerprint density at radius 2 is 1.85 bits per heavy atom. The molecule has 4 rings (SSSR count). The fourth-order valence-corrected chi connectivity index (χ4v) is 3.80. The highest BCUT2D eigenvalue weighted by molar-refractivity contribution is 5.75. The van der Waals surface area contributed by atoms with Crippen molar-refractivity contribution in [1.82, 2.24) is 20.2 Å². The molecule has 7 nitrogen and oxygen atoms in total. The van der Waals surface area contributed by atoms with E-state index in [1.165, 1.54) is 25.7 Å². The predicted octanol–water partition coefficient (Wildman–Crippen LogP) is 3.84. The van der Waals surface area contributed by atoms with Crippen LogP contribution >= 0.6 is 0 Å². The summed E-state index contributed by atoms with van der Waals surface area (Å²) in [5.41, 5.74) is 2.51. The van der Waals surface area contributed by atoms with Crippen molar-refractivity contribution >= 4 is 28.6 Å². The molecule has 1 aliphatic rings. The summed E-state index contributed by atoms with van der Waals surface area (Å²) < 4.78 is 0. The summed E-state index contributed by atoms with van der Waals surface area (Å²) in [6.45, 7) is 0. The van der Waals surface area contributed by atoms with Crippen molar-refractivity contribution in [3.05, 3.63) is 42.2 Å². The quantitative estimate of drug-likeness (QED) is 0.667. The topological polar surface area (TPSA) is 95.0 Å². The molecule has 1 fully saturated rings. The Morgan fingerprint density at radius 1 is 1.11 bits per heavy atom. The average Bonchev–Trinajstić information content (AvgIpc) is 2.97. The van der Waals surface area contributed by atoms with Crippen molar-refractivity contribution in [1.29, 1.82) is 0 Å². The minimum absolute atomic E-state index is 0.0281.